The molecule has 142 valence electrons. The summed E-state index contributed by atoms with van der Waals surface area (Å²) in [5.74, 6) is -1.10. The average Bonchev–Trinajstić information content (AvgIpc) is 3.09. The van der Waals surface area contributed by atoms with E-state index in [1.807, 2.05) is 37.3 Å². The van der Waals surface area contributed by atoms with Crippen molar-refractivity contribution in [3.8, 4) is 11.1 Å². The van der Waals surface area contributed by atoms with Gasteiger partial charge in [0.1, 0.15) is 6.04 Å². The van der Waals surface area contributed by atoms with E-state index in [2.05, 4.69) is 22.7 Å². The van der Waals surface area contributed by atoms with Crippen LogP contribution >= 0.6 is 12.6 Å². The van der Waals surface area contributed by atoms with Gasteiger partial charge in [-0.3, -0.25) is 9.36 Å². The molecule has 0 amide bonds. The predicted octanol–water partition coefficient (Wildman–Crippen LogP) is 2.83. The van der Waals surface area contributed by atoms with Gasteiger partial charge < -0.3 is 5.11 Å². The first-order valence-corrected chi connectivity index (χ1v) is 9.50. The largest absolute Gasteiger partial charge is 0.480 e. The molecule has 0 aliphatic carbocycles. The van der Waals surface area contributed by atoms with Crippen LogP contribution in [0.4, 0.5) is 0 Å². The summed E-state index contributed by atoms with van der Waals surface area (Å²) >= 11 is 4.06. The van der Waals surface area contributed by atoms with E-state index in [0.29, 0.717) is 23.0 Å². The maximum Gasteiger partial charge on any atom is 0.327 e. The average molecular weight is 394 g/mol. The van der Waals surface area contributed by atoms with Crippen LogP contribution in [0.15, 0.2) is 53.6 Å². The molecule has 1 N–H and O–H groups in total. The van der Waals surface area contributed by atoms with Gasteiger partial charge in [0.25, 0.3) is 5.56 Å². The van der Waals surface area contributed by atoms with Crippen LogP contribution in [-0.2, 0) is 11.2 Å². The molecule has 1 atom stereocenters. The second-order valence-corrected chi connectivity index (χ2v) is 6.76. The number of carboxylic acids is 1. The maximum absolute atomic E-state index is 12.9. The van der Waals surface area contributed by atoms with Crippen molar-refractivity contribution in [1.29, 1.82) is 0 Å². The normalized spacial score (nSPS) is 12.5. The first-order chi connectivity index (χ1) is 13.6. The van der Waals surface area contributed by atoms with Gasteiger partial charge in [0.05, 0.1) is 16.6 Å². The molecule has 3 heterocycles. The lowest BCUT2D eigenvalue weighted by Crippen LogP contribution is -2.31. The molecule has 28 heavy (non-hydrogen) atoms. The number of thiol groups is 1. The van der Waals surface area contributed by atoms with Crippen molar-refractivity contribution < 1.29 is 9.90 Å². The molecule has 1 aromatic carbocycles. The second-order valence-electron chi connectivity index (χ2n) is 6.40. The number of aryl methyl sites for hydroxylation is 1. The third-order valence-corrected chi connectivity index (χ3v) is 5.15. The van der Waals surface area contributed by atoms with Gasteiger partial charge in [-0.2, -0.15) is 17.7 Å². The monoisotopic (exact) mass is 394 g/mol. The summed E-state index contributed by atoms with van der Waals surface area (Å²) in [5, 5.41) is 14.3. The Kier molecular flexibility index (Phi) is 4.64. The number of hydrogen-bond acceptors (Lipinski definition) is 5. The smallest absolute Gasteiger partial charge is 0.327 e. The van der Waals surface area contributed by atoms with Gasteiger partial charge in [-0.05, 0) is 18.1 Å². The molecule has 0 radical (unpaired) electrons. The van der Waals surface area contributed by atoms with Crippen LogP contribution < -0.4 is 5.56 Å². The molecule has 0 aliphatic heterocycles. The number of hydrogen-bond donors (Lipinski definition) is 2. The van der Waals surface area contributed by atoms with Gasteiger partial charge in [-0.25, -0.2) is 14.3 Å². The molecule has 0 spiro atoms. The van der Waals surface area contributed by atoms with Crippen LogP contribution in [0.3, 0.4) is 0 Å². The number of aromatic nitrogens is 4. The second kappa shape index (κ2) is 7.12. The lowest BCUT2D eigenvalue weighted by molar-refractivity contribution is -0.140. The molecule has 4 rings (SSSR count). The maximum atomic E-state index is 12.9. The quantitative estimate of drug-likeness (QED) is 0.508. The molecule has 7 nitrogen and oxygen atoms in total. The first kappa shape index (κ1) is 18.2. The van der Waals surface area contributed by atoms with Crippen molar-refractivity contribution in [1.82, 2.24) is 19.2 Å². The van der Waals surface area contributed by atoms with Crippen molar-refractivity contribution in [2.45, 2.75) is 19.4 Å². The van der Waals surface area contributed by atoms with E-state index in [9.17, 15) is 14.7 Å². The van der Waals surface area contributed by atoms with Gasteiger partial charge >= 0.3 is 5.97 Å². The number of benzene rings is 1. The van der Waals surface area contributed by atoms with Gasteiger partial charge in [-0.15, -0.1) is 0 Å². The van der Waals surface area contributed by atoms with E-state index in [4.69, 9.17) is 0 Å². The third-order valence-electron chi connectivity index (χ3n) is 4.80. The minimum atomic E-state index is -1.11. The highest BCUT2D eigenvalue weighted by atomic mass is 32.1. The highest BCUT2D eigenvalue weighted by Crippen LogP contribution is 2.29. The molecule has 8 heteroatoms. The zero-order chi connectivity index (χ0) is 19.8. The fourth-order valence-corrected chi connectivity index (χ4v) is 3.74. The van der Waals surface area contributed by atoms with Crippen LogP contribution in [0.5, 0.6) is 0 Å². The predicted molar refractivity (Wildman–Crippen MR) is 110 cm³/mol. The zero-order valence-electron chi connectivity index (χ0n) is 15.1. The number of carboxylic acid groups (broad SMARTS) is 1. The molecule has 0 aliphatic rings. The van der Waals surface area contributed by atoms with Gasteiger partial charge in [0, 0.05) is 23.7 Å². The van der Waals surface area contributed by atoms with Crippen molar-refractivity contribution in [3.05, 3.63) is 64.8 Å². The summed E-state index contributed by atoms with van der Waals surface area (Å²) in [6.45, 7) is 2.02. The highest BCUT2D eigenvalue weighted by molar-refractivity contribution is 7.80. The number of rotatable bonds is 5. The van der Waals surface area contributed by atoms with Gasteiger partial charge in [0.15, 0.2) is 5.65 Å². The number of pyridine rings is 1. The van der Waals surface area contributed by atoms with Crippen LogP contribution in [-0.4, -0.2) is 36.0 Å². The fraction of sp³-hybridized carbons (Fsp3) is 0.200. The summed E-state index contributed by atoms with van der Waals surface area (Å²) in [5.41, 5.74) is 3.66. The van der Waals surface area contributed by atoms with E-state index >= 15 is 0 Å². The molecule has 0 fully saturated rings. The lowest BCUT2D eigenvalue weighted by atomic mass is 10.0. The summed E-state index contributed by atoms with van der Waals surface area (Å²) in [6, 6.07) is 10.5. The number of nitrogens with zero attached hydrogens (tertiary/aromatic N) is 4. The Bertz CT molecular complexity index is 1250. The number of fused-ring (bicyclic) bond motifs is 3. The molecule has 0 bridgehead atoms. The summed E-state index contributed by atoms with van der Waals surface area (Å²) in [7, 11) is 0. The Labute approximate surface area is 165 Å². The molecular weight excluding hydrogens is 376 g/mol. The summed E-state index contributed by atoms with van der Waals surface area (Å²) < 4.78 is 2.84. The third kappa shape index (κ3) is 2.77. The molecular formula is C20H18N4O3S. The van der Waals surface area contributed by atoms with Crippen molar-refractivity contribution in [2.75, 3.05) is 5.75 Å². The summed E-state index contributed by atoms with van der Waals surface area (Å²) in [6.07, 6.45) is 3.69. The molecule has 0 unspecified atom stereocenters. The van der Waals surface area contributed by atoms with Crippen molar-refractivity contribution >= 4 is 35.1 Å². The van der Waals surface area contributed by atoms with E-state index in [1.165, 1.54) is 17.0 Å². The fourth-order valence-electron chi connectivity index (χ4n) is 3.41. The van der Waals surface area contributed by atoms with E-state index in [0.717, 1.165) is 16.8 Å². The topological polar surface area (TPSA) is 89.5 Å². The lowest BCUT2D eigenvalue weighted by Gasteiger charge is -2.14. The van der Waals surface area contributed by atoms with Crippen LogP contribution in [0.1, 0.15) is 18.7 Å². The Morgan fingerprint density at radius 1 is 1.25 bits per heavy atom. The molecule has 0 saturated heterocycles. The van der Waals surface area contributed by atoms with Crippen LogP contribution in [0, 0.1) is 0 Å². The highest BCUT2D eigenvalue weighted by Gasteiger charge is 2.22. The summed E-state index contributed by atoms with van der Waals surface area (Å²) in [4.78, 5) is 28.8. The van der Waals surface area contributed by atoms with Crippen molar-refractivity contribution in [2.24, 2.45) is 0 Å². The molecule has 3 aromatic heterocycles. The van der Waals surface area contributed by atoms with Crippen molar-refractivity contribution in [3.63, 3.8) is 0 Å². The van der Waals surface area contributed by atoms with Gasteiger partial charge in [0.2, 0.25) is 0 Å². The Morgan fingerprint density at radius 3 is 2.64 bits per heavy atom. The Morgan fingerprint density at radius 2 is 2.00 bits per heavy atom. The number of aliphatic carboxylic acids is 1. The minimum Gasteiger partial charge on any atom is -0.480 e. The van der Waals surface area contributed by atoms with E-state index in [1.54, 1.807) is 10.6 Å². The van der Waals surface area contributed by atoms with Gasteiger partial charge in [-0.1, -0.05) is 37.3 Å². The number of carbonyl (C=O) groups is 1. The molecule has 4 aromatic rings. The van der Waals surface area contributed by atoms with Crippen LogP contribution in [0.2, 0.25) is 0 Å². The SMILES string of the molecule is CCc1nn2c(ncc3c(=O)n([C@H](CS)C(=O)O)ccc32)c1-c1ccccc1. The van der Waals surface area contributed by atoms with E-state index < -0.39 is 17.6 Å². The molecule has 0 saturated carbocycles. The minimum absolute atomic E-state index is 0.0102. The Hall–Kier alpha value is -3.13. The Balaban J connectivity index is 2.02. The zero-order valence-corrected chi connectivity index (χ0v) is 16.0. The van der Waals surface area contributed by atoms with E-state index in [-0.39, 0.29) is 5.75 Å². The van der Waals surface area contributed by atoms with Crippen LogP contribution in [0.25, 0.3) is 27.7 Å². The first-order valence-electron chi connectivity index (χ1n) is 8.87. The standard InChI is InChI=1S/C20H18N4O3S/c1-2-14-17(12-6-4-3-5-7-12)18-21-10-13-15(24(18)22-14)8-9-23(19(13)25)16(11-28)20(26)27/h3-10,16,28H,2,11H2,1H3,(H,26,27)/t16-/m1/s1.